The summed E-state index contributed by atoms with van der Waals surface area (Å²) in [5, 5.41) is 13.5. The van der Waals surface area contributed by atoms with Crippen molar-refractivity contribution in [2.75, 3.05) is 6.54 Å². The Kier molecular flexibility index (Phi) is 3.03. The number of fused-ring (bicyclic) bond motifs is 1. The highest BCUT2D eigenvalue weighted by Crippen LogP contribution is 2.37. The van der Waals surface area contributed by atoms with Gasteiger partial charge < -0.3 is 10.4 Å². The van der Waals surface area contributed by atoms with Crippen LogP contribution in [0, 0.1) is 5.92 Å². The van der Waals surface area contributed by atoms with E-state index < -0.39 is 0 Å². The van der Waals surface area contributed by atoms with Crippen molar-refractivity contribution in [3.05, 3.63) is 27.7 Å². The highest BCUT2D eigenvalue weighted by atomic mass is 79.9. The monoisotopic (exact) mass is 269 g/mol. The second kappa shape index (κ2) is 4.14. The molecule has 0 saturated carbocycles. The highest BCUT2D eigenvalue weighted by molar-refractivity contribution is 9.10. The molecule has 1 atom stereocenters. The van der Waals surface area contributed by atoms with Gasteiger partial charge in [-0.2, -0.15) is 0 Å². The van der Waals surface area contributed by atoms with E-state index in [4.69, 9.17) is 0 Å². The summed E-state index contributed by atoms with van der Waals surface area (Å²) < 4.78 is 0.797. The summed E-state index contributed by atoms with van der Waals surface area (Å²) in [4.78, 5) is 0. The smallest absolute Gasteiger partial charge is 0.133 e. The van der Waals surface area contributed by atoms with Gasteiger partial charge in [0, 0.05) is 11.6 Å². The predicted octanol–water partition coefficient (Wildman–Crippen LogP) is 3.00. The summed E-state index contributed by atoms with van der Waals surface area (Å²) in [6.45, 7) is 5.34. The van der Waals surface area contributed by atoms with Crippen LogP contribution in [0.1, 0.15) is 31.0 Å². The standard InChI is InChI=1S/C12H16BrNO/c1-7(2)11-8-3-4-10(13)12(15)9(8)5-6-14-11/h3-4,7,11,14-15H,5-6H2,1-2H3. The Labute approximate surface area is 98.8 Å². The van der Waals surface area contributed by atoms with Crippen molar-refractivity contribution in [3.63, 3.8) is 0 Å². The topological polar surface area (TPSA) is 32.3 Å². The van der Waals surface area contributed by atoms with Crippen LogP contribution in [0.4, 0.5) is 0 Å². The van der Waals surface area contributed by atoms with Crippen molar-refractivity contribution in [1.29, 1.82) is 0 Å². The zero-order chi connectivity index (χ0) is 11.0. The van der Waals surface area contributed by atoms with Crippen molar-refractivity contribution >= 4 is 15.9 Å². The second-order valence-electron chi connectivity index (χ2n) is 4.39. The molecule has 1 aliphatic rings. The number of hydrogen-bond donors (Lipinski definition) is 2. The van der Waals surface area contributed by atoms with Gasteiger partial charge in [0.15, 0.2) is 0 Å². The minimum atomic E-state index is 0.368. The quantitative estimate of drug-likeness (QED) is 0.822. The predicted molar refractivity (Wildman–Crippen MR) is 65.1 cm³/mol. The van der Waals surface area contributed by atoms with Crippen molar-refractivity contribution in [3.8, 4) is 5.75 Å². The van der Waals surface area contributed by atoms with Crippen molar-refractivity contribution in [2.45, 2.75) is 26.3 Å². The van der Waals surface area contributed by atoms with E-state index in [2.05, 4.69) is 41.2 Å². The molecule has 0 fully saturated rings. The van der Waals surface area contributed by atoms with E-state index in [1.807, 2.05) is 6.07 Å². The van der Waals surface area contributed by atoms with Crippen LogP contribution >= 0.6 is 15.9 Å². The average Bonchev–Trinajstić information content (AvgIpc) is 2.23. The Balaban J connectivity index is 2.49. The minimum absolute atomic E-state index is 0.368. The van der Waals surface area contributed by atoms with Crippen molar-refractivity contribution in [1.82, 2.24) is 5.32 Å². The van der Waals surface area contributed by atoms with Crippen LogP contribution in [0.15, 0.2) is 16.6 Å². The number of hydrogen-bond acceptors (Lipinski definition) is 2. The van der Waals surface area contributed by atoms with Gasteiger partial charge in [-0.1, -0.05) is 19.9 Å². The molecule has 82 valence electrons. The number of rotatable bonds is 1. The van der Waals surface area contributed by atoms with Gasteiger partial charge in [-0.3, -0.25) is 0 Å². The fourth-order valence-corrected chi connectivity index (χ4v) is 2.61. The van der Waals surface area contributed by atoms with Gasteiger partial charge in [0.05, 0.1) is 4.47 Å². The lowest BCUT2D eigenvalue weighted by molar-refractivity contribution is 0.384. The normalized spacial score (nSPS) is 20.4. The van der Waals surface area contributed by atoms with Gasteiger partial charge in [-0.15, -0.1) is 0 Å². The van der Waals surface area contributed by atoms with Crippen LogP contribution in [0.25, 0.3) is 0 Å². The van der Waals surface area contributed by atoms with Gasteiger partial charge in [0.1, 0.15) is 5.75 Å². The van der Waals surface area contributed by atoms with E-state index in [0.717, 1.165) is 23.0 Å². The molecule has 2 nitrogen and oxygen atoms in total. The third kappa shape index (κ3) is 1.91. The van der Waals surface area contributed by atoms with Gasteiger partial charge in [0.25, 0.3) is 0 Å². The molecule has 2 N–H and O–H groups in total. The lowest BCUT2D eigenvalue weighted by atomic mass is 9.87. The third-order valence-electron chi connectivity index (χ3n) is 3.01. The molecular formula is C12H16BrNO. The van der Waals surface area contributed by atoms with Crippen molar-refractivity contribution < 1.29 is 5.11 Å². The van der Waals surface area contributed by atoms with E-state index in [1.54, 1.807) is 0 Å². The van der Waals surface area contributed by atoms with Crippen LogP contribution in [-0.2, 0) is 6.42 Å². The number of halogens is 1. The SMILES string of the molecule is CC(C)C1NCCc2c1ccc(Br)c2O. The van der Waals surface area contributed by atoms with Crippen LogP contribution in [-0.4, -0.2) is 11.7 Å². The number of benzene rings is 1. The second-order valence-corrected chi connectivity index (χ2v) is 5.24. The van der Waals surface area contributed by atoms with Crippen molar-refractivity contribution in [2.24, 2.45) is 5.92 Å². The first-order valence-corrected chi connectivity index (χ1v) is 6.14. The largest absolute Gasteiger partial charge is 0.506 e. The first kappa shape index (κ1) is 11.0. The Hall–Kier alpha value is -0.540. The van der Waals surface area contributed by atoms with Gasteiger partial charge in [-0.25, -0.2) is 0 Å². The number of aromatic hydroxyl groups is 1. The summed E-state index contributed by atoms with van der Waals surface area (Å²) in [6, 6.07) is 4.40. The average molecular weight is 270 g/mol. The summed E-state index contributed by atoms with van der Waals surface area (Å²) >= 11 is 3.36. The van der Waals surface area contributed by atoms with Gasteiger partial charge >= 0.3 is 0 Å². The van der Waals surface area contributed by atoms with E-state index in [-0.39, 0.29) is 0 Å². The molecule has 1 heterocycles. The Morgan fingerprint density at radius 3 is 2.87 bits per heavy atom. The van der Waals surface area contributed by atoms with Crippen LogP contribution < -0.4 is 5.32 Å². The Morgan fingerprint density at radius 2 is 2.20 bits per heavy atom. The summed E-state index contributed by atoms with van der Waals surface area (Å²) in [6.07, 6.45) is 0.907. The first-order valence-electron chi connectivity index (χ1n) is 5.35. The molecule has 0 aliphatic carbocycles. The summed E-state index contributed by atoms with van der Waals surface area (Å²) in [5.41, 5.74) is 2.35. The van der Waals surface area contributed by atoms with E-state index in [1.165, 1.54) is 5.56 Å². The van der Waals surface area contributed by atoms with Gasteiger partial charge in [-0.05, 0) is 46.4 Å². The number of phenols is 1. The highest BCUT2D eigenvalue weighted by Gasteiger charge is 2.24. The maximum absolute atomic E-state index is 9.97. The molecule has 0 bridgehead atoms. The fourth-order valence-electron chi connectivity index (χ4n) is 2.23. The third-order valence-corrected chi connectivity index (χ3v) is 3.65. The molecule has 0 spiro atoms. The van der Waals surface area contributed by atoms with Crippen LogP contribution in [0.5, 0.6) is 5.75 Å². The molecule has 2 rings (SSSR count). The van der Waals surface area contributed by atoms with Crippen LogP contribution in [0.2, 0.25) is 0 Å². The molecule has 15 heavy (non-hydrogen) atoms. The summed E-state index contributed by atoms with van der Waals surface area (Å²) in [5.74, 6) is 0.962. The lowest BCUT2D eigenvalue weighted by Crippen LogP contribution is -2.33. The molecule has 1 aromatic carbocycles. The maximum Gasteiger partial charge on any atom is 0.133 e. The molecule has 0 radical (unpaired) electrons. The maximum atomic E-state index is 9.97. The summed E-state index contributed by atoms with van der Waals surface area (Å²) in [7, 11) is 0. The zero-order valence-electron chi connectivity index (χ0n) is 9.05. The number of nitrogens with one attached hydrogen (secondary N) is 1. The van der Waals surface area contributed by atoms with Gasteiger partial charge in [0.2, 0.25) is 0 Å². The van der Waals surface area contributed by atoms with E-state index >= 15 is 0 Å². The molecule has 0 aromatic heterocycles. The molecular weight excluding hydrogens is 254 g/mol. The first-order chi connectivity index (χ1) is 7.11. The number of phenolic OH excluding ortho intramolecular Hbond substituents is 1. The molecule has 0 amide bonds. The fraction of sp³-hybridized carbons (Fsp3) is 0.500. The molecule has 0 saturated heterocycles. The Morgan fingerprint density at radius 1 is 1.47 bits per heavy atom. The Bertz CT molecular complexity index is 376. The molecule has 1 aliphatic heterocycles. The molecule has 1 unspecified atom stereocenters. The van der Waals surface area contributed by atoms with E-state index in [0.29, 0.717) is 17.7 Å². The van der Waals surface area contributed by atoms with Crippen LogP contribution in [0.3, 0.4) is 0 Å². The molecule has 1 aromatic rings. The lowest BCUT2D eigenvalue weighted by Gasteiger charge is -2.30. The minimum Gasteiger partial charge on any atom is -0.506 e. The van der Waals surface area contributed by atoms with E-state index in [9.17, 15) is 5.11 Å². The molecule has 3 heteroatoms. The zero-order valence-corrected chi connectivity index (χ0v) is 10.6.